The van der Waals surface area contributed by atoms with Gasteiger partial charge in [0.05, 0.1) is 6.07 Å². The van der Waals surface area contributed by atoms with Crippen molar-refractivity contribution in [1.82, 2.24) is 0 Å². The molecule has 0 heterocycles. The molecule has 0 fully saturated rings. The van der Waals surface area contributed by atoms with Crippen molar-refractivity contribution in [3.05, 3.63) is 0 Å². The maximum absolute atomic E-state index is 10.5. The summed E-state index contributed by atoms with van der Waals surface area (Å²) in [7, 11) is 0. The Balaban J connectivity index is 4.23. The summed E-state index contributed by atoms with van der Waals surface area (Å²) < 4.78 is -0.0208. The summed E-state index contributed by atoms with van der Waals surface area (Å²) in [5.74, 6) is 0.588. The van der Waals surface area contributed by atoms with Crippen LogP contribution in [0.2, 0.25) is 0 Å². The summed E-state index contributed by atoms with van der Waals surface area (Å²) in [6.07, 6.45) is 0.306. The van der Waals surface area contributed by atoms with Crippen LogP contribution in [-0.2, 0) is 4.79 Å². The topological polar surface area (TPSA) is 61.1 Å². The van der Waals surface area contributed by atoms with E-state index in [0.29, 0.717) is 15.9 Å². The molecular formula is C11H17NO2S3. The Morgan fingerprint density at radius 2 is 2.18 bits per heavy atom. The highest BCUT2D eigenvalue weighted by atomic mass is 32.2. The maximum atomic E-state index is 10.5. The van der Waals surface area contributed by atoms with Gasteiger partial charge in [0.1, 0.15) is 8.28 Å². The Hall–Kier alpha value is -0.250. The molecule has 1 atom stereocenters. The first-order valence-corrected chi connectivity index (χ1v) is 7.49. The van der Waals surface area contributed by atoms with Crippen molar-refractivity contribution in [2.75, 3.05) is 5.75 Å². The van der Waals surface area contributed by atoms with Gasteiger partial charge < -0.3 is 5.11 Å². The minimum atomic E-state index is -0.882. The molecule has 0 saturated heterocycles. The van der Waals surface area contributed by atoms with Gasteiger partial charge >= 0.3 is 5.97 Å². The first kappa shape index (κ1) is 16.8. The molecular weight excluding hydrogens is 274 g/mol. The van der Waals surface area contributed by atoms with Gasteiger partial charge in [-0.05, 0) is 19.3 Å². The number of nitrogens with zero attached hydrogens (tertiary/aromatic N) is 1. The van der Waals surface area contributed by atoms with E-state index in [1.165, 1.54) is 11.8 Å². The lowest BCUT2D eigenvalue weighted by Gasteiger charge is -2.20. The number of carboxylic acid groups (broad SMARTS) is 1. The van der Waals surface area contributed by atoms with Crippen molar-refractivity contribution in [1.29, 1.82) is 5.26 Å². The van der Waals surface area contributed by atoms with Crippen molar-refractivity contribution < 1.29 is 9.90 Å². The first-order chi connectivity index (χ1) is 7.79. The largest absolute Gasteiger partial charge is 0.481 e. The third kappa shape index (κ3) is 8.47. The number of thiocarbonyl (C=S) groups is 1. The monoisotopic (exact) mass is 291 g/mol. The number of aliphatic carboxylic acids is 1. The van der Waals surface area contributed by atoms with Crippen molar-refractivity contribution in [3.63, 3.8) is 0 Å². The zero-order chi connectivity index (χ0) is 13.5. The molecule has 0 radical (unpaired) electrons. The van der Waals surface area contributed by atoms with Crippen LogP contribution in [-0.4, -0.2) is 25.1 Å². The molecule has 0 amide bonds. The maximum Gasteiger partial charge on any atom is 0.303 e. The fourth-order valence-corrected chi connectivity index (χ4v) is 3.76. The fraction of sp³-hybridized carbons (Fsp3) is 0.727. The number of rotatable bonds is 6. The quantitative estimate of drug-likeness (QED) is 0.755. The third-order valence-electron chi connectivity index (χ3n) is 1.90. The predicted molar refractivity (Wildman–Crippen MR) is 78.4 cm³/mol. The van der Waals surface area contributed by atoms with Gasteiger partial charge in [0.2, 0.25) is 0 Å². The minimum absolute atomic E-state index is 0.00544. The molecule has 0 spiro atoms. The van der Waals surface area contributed by atoms with Crippen LogP contribution in [0.4, 0.5) is 0 Å². The van der Waals surface area contributed by atoms with E-state index in [-0.39, 0.29) is 6.42 Å². The van der Waals surface area contributed by atoms with Gasteiger partial charge in [-0.1, -0.05) is 37.8 Å². The second-order valence-electron chi connectivity index (χ2n) is 4.29. The minimum Gasteiger partial charge on any atom is -0.481 e. The molecule has 96 valence electrons. The SMILES string of the molecule is CC(C)CSC(=S)SC(C)(C#N)CCC(=O)O. The molecule has 6 heteroatoms. The van der Waals surface area contributed by atoms with E-state index in [9.17, 15) is 4.79 Å². The number of thioether (sulfide) groups is 2. The number of nitriles is 1. The number of carboxylic acids is 1. The molecule has 17 heavy (non-hydrogen) atoms. The molecule has 0 aromatic heterocycles. The van der Waals surface area contributed by atoms with Gasteiger partial charge in [-0.25, -0.2) is 0 Å². The molecule has 0 aromatic rings. The zero-order valence-electron chi connectivity index (χ0n) is 10.2. The van der Waals surface area contributed by atoms with Crippen molar-refractivity contribution in [2.24, 2.45) is 5.92 Å². The normalized spacial score (nSPS) is 14.1. The second kappa shape index (κ2) is 7.96. The Morgan fingerprint density at radius 1 is 1.59 bits per heavy atom. The number of carbonyl (C=O) groups is 1. The van der Waals surface area contributed by atoms with Gasteiger partial charge in [-0.15, -0.1) is 11.8 Å². The number of hydrogen-bond acceptors (Lipinski definition) is 5. The number of hydrogen-bond donors (Lipinski definition) is 1. The van der Waals surface area contributed by atoms with E-state index in [1.807, 2.05) is 0 Å². The highest BCUT2D eigenvalue weighted by Crippen LogP contribution is 2.34. The smallest absolute Gasteiger partial charge is 0.303 e. The van der Waals surface area contributed by atoms with Gasteiger partial charge in [0, 0.05) is 12.2 Å². The van der Waals surface area contributed by atoms with E-state index in [1.54, 1.807) is 18.7 Å². The molecule has 0 bridgehead atoms. The molecule has 0 aliphatic carbocycles. The summed E-state index contributed by atoms with van der Waals surface area (Å²) in [5, 5.41) is 17.7. The second-order valence-corrected chi connectivity index (χ2v) is 8.02. The predicted octanol–water partition coefficient (Wildman–Crippen LogP) is 3.54. The lowest BCUT2D eigenvalue weighted by atomic mass is 10.1. The van der Waals surface area contributed by atoms with E-state index in [0.717, 1.165) is 5.75 Å². The van der Waals surface area contributed by atoms with E-state index in [2.05, 4.69) is 19.9 Å². The molecule has 0 rings (SSSR count). The van der Waals surface area contributed by atoms with Crippen molar-refractivity contribution >= 4 is 45.2 Å². The van der Waals surface area contributed by atoms with Crippen molar-refractivity contribution in [2.45, 2.75) is 38.4 Å². The summed E-state index contributed by atoms with van der Waals surface area (Å²) in [5.41, 5.74) is 0. The van der Waals surface area contributed by atoms with Crippen LogP contribution in [0, 0.1) is 17.2 Å². The Morgan fingerprint density at radius 3 is 2.59 bits per heavy atom. The van der Waals surface area contributed by atoms with Gasteiger partial charge in [0.15, 0.2) is 0 Å². The summed E-state index contributed by atoms with van der Waals surface area (Å²) in [4.78, 5) is 10.5. The van der Waals surface area contributed by atoms with Gasteiger partial charge in [0.25, 0.3) is 0 Å². The molecule has 0 saturated carbocycles. The Kier molecular flexibility index (Phi) is 7.84. The third-order valence-corrected chi connectivity index (χ3v) is 5.08. The van der Waals surface area contributed by atoms with Crippen LogP contribution in [0.25, 0.3) is 0 Å². The van der Waals surface area contributed by atoms with Crippen LogP contribution < -0.4 is 0 Å². The fourth-order valence-electron chi connectivity index (χ4n) is 0.923. The Labute approximate surface area is 116 Å². The lowest BCUT2D eigenvalue weighted by molar-refractivity contribution is -0.137. The van der Waals surface area contributed by atoms with Crippen LogP contribution in [0.1, 0.15) is 33.6 Å². The molecule has 1 unspecified atom stereocenters. The lowest BCUT2D eigenvalue weighted by Crippen LogP contribution is -2.20. The van der Waals surface area contributed by atoms with Gasteiger partial charge in [-0.3, -0.25) is 4.79 Å². The summed E-state index contributed by atoms with van der Waals surface area (Å²) in [6, 6.07) is 2.15. The zero-order valence-corrected chi connectivity index (χ0v) is 12.7. The standard InChI is InChI=1S/C11H17NO2S3/c1-8(2)6-16-10(15)17-11(3,7-12)5-4-9(13)14/h8H,4-6H2,1-3H3,(H,13,14). The van der Waals surface area contributed by atoms with E-state index < -0.39 is 10.7 Å². The van der Waals surface area contributed by atoms with E-state index in [4.69, 9.17) is 22.6 Å². The molecule has 3 nitrogen and oxygen atoms in total. The highest BCUT2D eigenvalue weighted by molar-refractivity contribution is 8.47. The average molecular weight is 291 g/mol. The molecule has 0 aliphatic heterocycles. The van der Waals surface area contributed by atoms with Crippen LogP contribution >= 0.6 is 35.7 Å². The molecule has 0 aromatic carbocycles. The van der Waals surface area contributed by atoms with Crippen LogP contribution in [0.3, 0.4) is 0 Å². The molecule has 1 N–H and O–H groups in total. The summed E-state index contributed by atoms with van der Waals surface area (Å²) >= 11 is 8.05. The van der Waals surface area contributed by atoms with Crippen molar-refractivity contribution in [3.8, 4) is 6.07 Å². The van der Waals surface area contributed by atoms with Crippen LogP contribution in [0.15, 0.2) is 0 Å². The summed E-state index contributed by atoms with van der Waals surface area (Å²) in [6.45, 7) is 5.95. The van der Waals surface area contributed by atoms with Gasteiger partial charge in [-0.2, -0.15) is 5.26 Å². The highest BCUT2D eigenvalue weighted by Gasteiger charge is 2.27. The average Bonchev–Trinajstić information content (AvgIpc) is 2.24. The van der Waals surface area contributed by atoms with Crippen LogP contribution in [0.5, 0.6) is 0 Å². The molecule has 0 aliphatic rings. The Bertz CT molecular complexity index is 325. The first-order valence-electron chi connectivity index (χ1n) is 5.28. The van der Waals surface area contributed by atoms with E-state index >= 15 is 0 Å².